The Morgan fingerprint density at radius 2 is 2.10 bits per heavy atom. The van der Waals surface area contributed by atoms with Gasteiger partial charge in [-0.25, -0.2) is 4.39 Å². The summed E-state index contributed by atoms with van der Waals surface area (Å²) in [6.07, 6.45) is 0.936. The molecule has 1 aliphatic heterocycles. The third-order valence-corrected chi connectivity index (χ3v) is 3.93. The summed E-state index contributed by atoms with van der Waals surface area (Å²) in [6.45, 7) is 2.47. The summed E-state index contributed by atoms with van der Waals surface area (Å²) >= 11 is 5.89. The molecule has 2 aromatic rings. The minimum atomic E-state index is -0.283. The molecule has 0 saturated carbocycles. The van der Waals surface area contributed by atoms with E-state index in [1.54, 1.807) is 6.07 Å². The van der Waals surface area contributed by atoms with E-state index in [9.17, 15) is 4.39 Å². The van der Waals surface area contributed by atoms with E-state index in [2.05, 4.69) is 11.0 Å². The molecule has 0 amide bonds. The van der Waals surface area contributed by atoms with Gasteiger partial charge < -0.3 is 5.73 Å². The second-order valence-corrected chi connectivity index (χ2v) is 5.66. The Morgan fingerprint density at radius 1 is 1.25 bits per heavy atom. The van der Waals surface area contributed by atoms with Crippen LogP contribution in [0, 0.1) is 5.82 Å². The number of nitrogen functional groups attached to an aromatic ring is 1. The molecule has 104 valence electrons. The average Bonchev–Trinajstić information content (AvgIpc) is 2.37. The van der Waals surface area contributed by atoms with E-state index < -0.39 is 0 Å². The van der Waals surface area contributed by atoms with Gasteiger partial charge in [0.25, 0.3) is 0 Å². The van der Waals surface area contributed by atoms with Crippen molar-refractivity contribution in [2.45, 2.75) is 19.5 Å². The van der Waals surface area contributed by atoms with Gasteiger partial charge in [-0.1, -0.05) is 23.7 Å². The van der Waals surface area contributed by atoms with Gasteiger partial charge in [0.05, 0.1) is 0 Å². The summed E-state index contributed by atoms with van der Waals surface area (Å²) < 4.78 is 13.4. The standard InChI is InChI=1S/C16H16ClFN2/c17-13-6-11(7-14(18)8-13)9-20-5-4-15-12(10-20)2-1-3-16(15)19/h1-3,6-8H,4-5,9-10,19H2. The summed E-state index contributed by atoms with van der Waals surface area (Å²) in [5, 5.41) is 0.446. The van der Waals surface area contributed by atoms with Gasteiger partial charge in [0.2, 0.25) is 0 Å². The molecule has 0 spiro atoms. The fourth-order valence-corrected chi connectivity index (χ4v) is 3.04. The van der Waals surface area contributed by atoms with Crippen LogP contribution in [0.5, 0.6) is 0 Å². The second kappa shape index (κ2) is 5.43. The van der Waals surface area contributed by atoms with Crippen LogP contribution in [-0.2, 0) is 19.5 Å². The monoisotopic (exact) mass is 290 g/mol. The molecule has 2 nitrogen and oxygen atoms in total. The molecule has 1 aliphatic rings. The van der Waals surface area contributed by atoms with Gasteiger partial charge in [-0.15, -0.1) is 0 Å². The molecule has 0 unspecified atom stereocenters. The first-order valence-electron chi connectivity index (χ1n) is 6.65. The minimum Gasteiger partial charge on any atom is -0.398 e. The molecule has 3 rings (SSSR count). The fraction of sp³-hybridized carbons (Fsp3) is 0.250. The zero-order valence-corrected chi connectivity index (χ0v) is 11.8. The molecule has 0 saturated heterocycles. The SMILES string of the molecule is Nc1cccc2c1CCN(Cc1cc(F)cc(Cl)c1)C2. The van der Waals surface area contributed by atoms with Gasteiger partial charge >= 0.3 is 0 Å². The van der Waals surface area contributed by atoms with Gasteiger partial charge in [-0.3, -0.25) is 4.90 Å². The highest BCUT2D eigenvalue weighted by atomic mass is 35.5. The Labute approximate surface area is 123 Å². The smallest absolute Gasteiger partial charge is 0.125 e. The van der Waals surface area contributed by atoms with Crippen molar-refractivity contribution in [1.29, 1.82) is 0 Å². The summed E-state index contributed by atoms with van der Waals surface area (Å²) in [5.74, 6) is -0.283. The number of hydrogen-bond donors (Lipinski definition) is 1. The highest BCUT2D eigenvalue weighted by Crippen LogP contribution is 2.25. The summed E-state index contributed by atoms with van der Waals surface area (Å²) in [6, 6.07) is 10.7. The maximum atomic E-state index is 13.4. The molecule has 4 heteroatoms. The van der Waals surface area contributed by atoms with E-state index in [1.165, 1.54) is 17.2 Å². The lowest BCUT2D eigenvalue weighted by Crippen LogP contribution is -2.30. The maximum Gasteiger partial charge on any atom is 0.125 e. The number of fused-ring (bicyclic) bond motifs is 1. The van der Waals surface area contributed by atoms with Crippen molar-refractivity contribution < 1.29 is 4.39 Å². The average molecular weight is 291 g/mol. The van der Waals surface area contributed by atoms with Gasteiger partial charge in [-0.05, 0) is 47.4 Å². The van der Waals surface area contributed by atoms with Gasteiger partial charge in [0.1, 0.15) is 5.82 Å². The highest BCUT2D eigenvalue weighted by molar-refractivity contribution is 6.30. The van der Waals surface area contributed by atoms with Crippen molar-refractivity contribution >= 4 is 17.3 Å². The first-order valence-corrected chi connectivity index (χ1v) is 7.03. The van der Waals surface area contributed by atoms with E-state index in [4.69, 9.17) is 17.3 Å². The minimum absolute atomic E-state index is 0.283. The Morgan fingerprint density at radius 3 is 2.90 bits per heavy atom. The van der Waals surface area contributed by atoms with Crippen molar-refractivity contribution in [2.24, 2.45) is 0 Å². The van der Waals surface area contributed by atoms with Crippen LogP contribution in [0.15, 0.2) is 36.4 Å². The molecular weight excluding hydrogens is 275 g/mol. The number of halogens is 2. The summed E-state index contributed by atoms with van der Waals surface area (Å²) in [5.41, 5.74) is 10.3. The molecule has 2 N–H and O–H groups in total. The zero-order valence-electron chi connectivity index (χ0n) is 11.1. The van der Waals surface area contributed by atoms with Crippen molar-refractivity contribution in [2.75, 3.05) is 12.3 Å². The molecule has 2 aromatic carbocycles. The van der Waals surface area contributed by atoms with Crippen LogP contribution in [-0.4, -0.2) is 11.4 Å². The van der Waals surface area contributed by atoms with E-state index in [-0.39, 0.29) is 5.82 Å². The zero-order chi connectivity index (χ0) is 14.1. The molecule has 0 bridgehead atoms. The number of nitrogens with zero attached hydrogens (tertiary/aromatic N) is 1. The number of hydrogen-bond acceptors (Lipinski definition) is 2. The predicted octanol–water partition coefficient (Wildman–Crippen LogP) is 3.62. The lowest BCUT2D eigenvalue weighted by Gasteiger charge is -2.29. The van der Waals surface area contributed by atoms with Crippen LogP contribution in [0.3, 0.4) is 0 Å². The van der Waals surface area contributed by atoms with E-state index >= 15 is 0 Å². The maximum absolute atomic E-state index is 13.4. The molecule has 0 aliphatic carbocycles. The Kier molecular flexibility index (Phi) is 3.64. The quantitative estimate of drug-likeness (QED) is 0.856. The lowest BCUT2D eigenvalue weighted by atomic mass is 9.97. The molecular formula is C16H16ClFN2. The van der Waals surface area contributed by atoms with Crippen LogP contribution >= 0.6 is 11.6 Å². The Hall–Kier alpha value is -1.58. The third kappa shape index (κ3) is 2.79. The Balaban J connectivity index is 1.77. The number of nitrogens with two attached hydrogens (primary N) is 1. The van der Waals surface area contributed by atoms with Crippen LogP contribution in [0.25, 0.3) is 0 Å². The Bertz CT molecular complexity index is 622. The molecule has 0 radical (unpaired) electrons. The normalized spacial score (nSPS) is 15.1. The van der Waals surface area contributed by atoms with Crippen molar-refractivity contribution in [1.82, 2.24) is 4.90 Å². The lowest BCUT2D eigenvalue weighted by molar-refractivity contribution is 0.245. The van der Waals surface area contributed by atoms with E-state index in [0.717, 1.165) is 30.8 Å². The van der Waals surface area contributed by atoms with Crippen LogP contribution in [0.2, 0.25) is 5.02 Å². The topological polar surface area (TPSA) is 29.3 Å². The van der Waals surface area contributed by atoms with Gasteiger partial charge in [0.15, 0.2) is 0 Å². The van der Waals surface area contributed by atoms with Crippen molar-refractivity contribution in [3.8, 4) is 0 Å². The molecule has 0 aromatic heterocycles. The van der Waals surface area contributed by atoms with Crippen LogP contribution in [0.1, 0.15) is 16.7 Å². The predicted molar refractivity (Wildman–Crippen MR) is 80.1 cm³/mol. The number of benzene rings is 2. The van der Waals surface area contributed by atoms with Gasteiger partial charge in [0, 0.05) is 30.3 Å². The molecule has 0 atom stereocenters. The van der Waals surface area contributed by atoms with Crippen molar-refractivity contribution in [3.63, 3.8) is 0 Å². The largest absolute Gasteiger partial charge is 0.398 e. The third-order valence-electron chi connectivity index (χ3n) is 3.71. The van der Waals surface area contributed by atoms with E-state index in [1.807, 2.05) is 18.2 Å². The fourth-order valence-electron chi connectivity index (χ4n) is 2.79. The first kappa shape index (κ1) is 13.4. The second-order valence-electron chi connectivity index (χ2n) is 5.22. The molecule has 20 heavy (non-hydrogen) atoms. The van der Waals surface area contributed by atoms with E-state index in [0.29, 0.717) is 11.6 Å². The highest BCUT2D eigenvalue weighted by Gasteiger charge is 2.18. The van der Waals surface area contributed by atoms with Crippen LogP contribution < -0.4 is 5.73 Å². The number of anilines is 1. The summed E-state index contributed by atoms with van der Waals surface area (Å²) in [4.78, 5) is 2.28. The van der Waals surface area contributed by atoms with Gasteiger partial charge in [-0.2, -0.15) is 0 Å². The number of rotatable bonds is 2. The molecule has 0 fully saturated rings. The van der Waals surface area contributed by atoms with Crippen LogP contribution in [0.4, 0.5) is 10.1 Å². The summed E-state index contributed by atoms with van der Waals surface area (Å²) in [7, 11) is 0. The molecule has 1 heterocycles. The van der Waals surface area contributed by atoms with Crippen molar-refractivity contribution in [3.05, 3.63) is 63.9 Å². The first-order chi connectivity index (χ1) is 9.61.